The van der Waals surface area contributed by atoms with Gasteiger partial charge in [0, 0.05) is 48.8 Å². The van der Waals surface area contributed by atoms with Gasteiger partial charge in [0.1, 0.15) is 0 Å². The van der Waals surface area contributed by atoms with Crippen molar-refractivity contribution in [3.05, 3.63) is 83.1 Å². The number of aryl methyl sites for hydroxylation is 1. The van der Waals surface area contributed by atoms with Crippen molar-refractivity contribution in [2.24, 2.45) is 5.92 Å². The monoisotopic (exact) mass is 483 g/mol. The molecule has 5 aromatic rings. The summed E-state index contributed by atoms with van der Waals surface area (Å²) in [5.41, 5.74) is 4.79. The van der Waals surface area contributed by atoms with Gasteiger partial charge in [-0.2, -0.15) is 0 Å². The van der Waals surface area contributed by atoms with Crippen LogP contribution in [-0.4, -0.2) is 44.3 Å². The molecule has 4 heterocycles. The number of tetrazole rings is 1. The fourth-order valence-corrected chi connectivity index (χ4v) is 4.45. The molecule has 0 saturated carbocycles. The summed E-state index contributed by atoms with van der Waals surface area (Å²) >= 11 is 0. The summed E-state index contributed by atoms with van der Waals surface area (Å²) in [6, 6.07) is 9.99. The Balaban J connectivity index is 1.51. The molecule has 0 fully saturated rings. The molecule has 1 aromatic carbocycles. The van der Waals surface area contributed by atoms with E-state index in [9.17, 15) is 4.79 Å². The molecule has 0 spiro atoms. The molecule has 36 heavy (non-hydrogen) atoms. The lowest BCUT2D eigenvalue weighted by Crippen LogP contribution is -2.27. The molecule has 0 aliphatic carbocycles. The maximum absolute atomic E-state index is 13.7. The molecule has 0 atom stereocenters. The third-order valence-electron chi connectivity index (χ3n) is 6.09. The van der Waals surface area contributed by atoms with Crippen LogP contribution in [0.1, 0.15) is 38.4 Å². The Kier molecular flexibility index (Phi) is 6.57. The Hall–Kier alpha value is -4.34. The standard InChI is InChI=1S/C26H29N9O/c1-4-5-22-17-35(25-28-12-13-33(25)15-18(2)3)26(36)34(22)16-21-14-27-11-10-23(21)19-6-8-20(9-7-19)24-29-31-32-30-24/h6-14,17-18H,4-5,15-16H2,1-3H3,(H,29,30,31,32). The number of nitrogens with zero attached hydrogens (tertiary/aromatic N) is 8. The second-order valence-corrected chi connectivity index (χ2v) is 9.24. The van der Waals surface area contributed by atoms with E-state index in [-0.39, 0.29) is 5.69 Å². The molecule has 0 aliphatic rings. The number of hydrogen-bond donors (Lipinski definition) is 1. The molecule has 0 amide bonds. The first kappa shape index (κ1) is 23.4. The highest BCUT2D eigenvalue weighted by atomic mass is 16.1. The van der Waals surface area contributed by atoms with Gasteiger partial charge in [0.25, 0.3) is 0 Å². The summed E-state index contributed by atoms with van der Waals surface area (Å²) in [6.45, 7) is 7.64. The summed E-state index contributed by atoms with van der Waals surface area (Å²) in [6.07, 6.45) is 10.9. The number of hydrogen-bond acceptors (Lipinski definition) is 6. The summed E-state index contributed by atoms with van der Waals surface area (Å²) < 4.78 is 5.55. The lowest BCUT2D eigenvalue weighted by atomic mass is 10.00. The van der Waals surface area contributed by atoms with Gasteiger partial charge in [0.05, 0.1) is 6.54 Å². The van der Waals surface area contributed by atoms with E-state index in [4.69, 9.17) is 0 Å². The maximum atomic E-state index is 13.7. The van der Waals surface area contributed by atoms with Gasteiger partial charge >= 0.3 is 5.69 Å². The third kappa shape index (κ3) is 4.61. The predicted octanol–water partition coefficient (Wildman–Crippen LogP) is 3.73. The zero-order valence-corrected chi connectivity index (χ0v) is 20.7. The summed E-state index contributed by atoms with van der Waals surface area (Å²) in [5.74, 6) is 1.70. The Morgan fingerprint density at radius 3 is 2.58 bits per heavy atom. The van der Waals surface area contributed by atoms with Crippen molar-refractivity contribution in [2.45, 2.75) is 46.7 Å². The molecule has 10 heteroatoms. The molecule has 1 N–H and O–H groups in total. The first-order chi connectivity index (χ1) is 17.5. The van der Waals surface area contributed by atoms with Gasteiger partial charge in [-0.25, -0.2) is 19.4 Å². The Labute approximate surface area is 208 Å². The van der Waals surface area contributed by atoms with Gasteiger partial charge in [-0.1, -0.05) is 51.5 Å². The van der Waals surface area contributed by atoms with E-state index in [1.807, 2.05) is 58.1 Å². The van der Waals surface area contributed by atoms with Gasteiger partial charge in [0.2, 0.25) is 5.95 Å². The van der Waals surface area contributed by atoms with Crippen molar-refractivity contribution in [2.75, 3.05) is 0 Å². The Morgan fingerprint density at radius 2 is 1.86 bits per heavy atom. The molecule has 0 unspecified atom stereocenters. The van der Waals surface area contributed by atoms with Crippen molar-refractivity contribution in [3.63, 3.8) is 0 Å². The van der Waals surface area contributed by atoms with Crippen molar-refractivity contribution >= 4 is 0 Å². The smallest absolute Gasteiger partial charge is 0.316 e. The molecule has 0 saturated heterocycles. The van der Waals surface area contributed by atoms with Crippen molar-refractivity contribution < 1.29 is 0 Å². The van der Waals surface area contributed by atoms with Crippen molar-refractivity contribution in [1.29, 1.82) is 0 Å². The van der Waals surface area contributed by atoms with Crippen LogP contribution in [0.4, 0.5) is 0 Å². The van der Waals surface area contributed by atoms with Crippen LogP contribution in [0.25, 0.3) is 28.5 Å². The van der Waals surface area contributed by atoms with E-state index in [1.54, 1.807) is 17.0 Å². The largest absolute Gasteiger partial charge is 0.335 e. The van der Waals surface area contributed by atoms with Gasteiger partial charge in [-0.3, -0.25) is 9.55 Å². The predicted molar refractivity (Wildman–Crippen MR) is 137 cm³/mol. The van der Waals surface area contributed by atoms with Crippen LogP contribution in [-0.2, 0) is 19.5 Å². The Bertz CT molecular complexity index is 1490. The quantitative estimate of drug-likeness (QED) is 0.342. The molecule has 0 aliphatic heterocycles. The minimum atomic E-state index is -0.0994. The third-order valence-corrected chi connectivity index (χ3v) is 6.09. The van der Waals surface area contributed by atoms with Gasteiger partial charge in [-0.05, 0) is 45.5 Å². The zero-order chi connectivity index (χ0) is 25.1. The van der Waals surface area contributed by atoms with Gasteiger partial charge < -0.3 is 4.57 Å². The minimum absolute atomic E-state index is 0.0994. The maximum Gasteiger partial charge on any atom is 0.335 e. The second-order valence-electron chi connectivity index (χ2n) is 9.24. The first-order valence-corrected chi connectivity index (χ1v) is 12.1. The van der Waals surface area contributed by atoms with Crippen LogP contribution < -0.4 is 5.69 Å². The average Bonchev–Trinajstić information content (AvgIpc) is 3.63. The lowest BCUT2D eigenvalue weighted by molar-refractivity contribution is 0.513. The van der Waals surface area contributed by atoms with E-state index >= 15 is 0 Å². The number of aromatic amines is 1. The molecule has 184 valence electrons. The number of rotatable bonds is 9. The van der Waals surface area contributed by atoms with E-state index in [2.05, 4.69) is 51.4 Å². The van der Waals surface area contributed by atoms with Crippen LogP contribution in [0.5, 0.6) is 0 Å². The fraction of sp³-hybridized carbons (Fsp3) is 0.308. The number of aromatic nitrogens is 9. The average molecular weight is 484 g/mol. The van der Waals surface area contributed by atoms with Crippen molar-refractivity contribution in [1.82, 2.24) is 44.3 Å². The molecule has 0 radical (unpaired) electrons. The molecule has 5 rings (SSSR count). The zero-order valence-electron chi connectivity index (χ0n) is 20.7. The van der Waals surface area contributed by atoms with E-state index in [0.29, 0.717) is 24.2 Å². The normalized spacial score (nSPS) is 11.4. The molecular weight excluding hydrogens is 454 g/mol. The second kappa shape index (κ2) is 10.1. The number of pyridine rings is 1. The van der Waals surface area contributed by atoms with E-state index < -0.39 is 0 Å². The Morgan fingerprint density at radius 1 is 1.06 bits per heavy atom. The number of nitrogens with one attached hydrogen (secondary N) is 1. The van der Waals surface area contributed by atoms with Gasteiger partial charge in [0.15, 0.2) is 5.82 Å². The fourth-order valence-electron chi connectivity index (χ4n) is 4.45. The highest BCUT2D eigenvalue weighted by molar-refractivity contribution is 5.69. The topological polar surface area (TPSA) is 112 Å². The SMILES string of the molecule is CCCc1cn(-c2nccn2CC(C)C)c(=O)n1Cc1cnccc1-c1ccc(-c2nnn[nH]2)cc1. The number of imidazole rings is 2. The van der Waals surface area contributed by atoms with Crippen LogP contribution in [0.3, 0.4) is 0 Å². The van der Waals surface area contributed by atoms with Crippen LogP contribution >= 0.6 is 0 Å². The van der Waals surface area contributed by atoms with Crippen LogP contribution in [0, 0.1) is 5.92 Å². The minimum Gasteiger partial charge on any atom is -0.316 e. The van der Waals surface area contributed by atoms with Crippen LogP contribution in [0.2, 0.25) is 0 Å². The van der Waals surface area contributed by atoms with Gasteiger partial charge in [-0.15, -0.1) is 5.10 Å². The molecule has 0 bridgehead atoms. The highest BCUT2D eigenvalue weighted by Gasteiger charge is 2.18. The lowest BCUT2D eigenvalue weighted by Gasteiger charge is -2.12. The number of benzene rings is 1. The molecular formula is C26H29N9O. The molecule has 4 aromatic heterocycles. The van der Waals surface area contributed by atoms with Crippen molar-refractivity contribution in [3.8, 4) is 28.5 Å². The van der Waals surface area contributed by atoms with E-state index in [0.717, 1.165) is 47.3 Å². The van der Waals surface area contributed by atoms with Crippen LogP contribution in [0.15, 0.2) is 66.1 Å². The summed E-state index contributed by atoms with van der Waals surface area (Å²) in [5, 5.41) is 14.0. The summed E-state index contributed by atoms with van der Waals surface area (Å²) in [4.78, 5) is 22.5. The first-order valence-electron chi connectivity index (χ1n) is 12.1. The molecule has 10 nitrogen and oxygen atoms in total. The highest BCUT2D eigenvalue weighted by Crippen LogP contribution is 2.26. The van der Waals surface area contributed by atoms with E-state index in [1.165, 1.54) is 0 Å². The number of H-pyrrole nitrogens is 1. The summed E-state index contributed by atoms with van der Waals surface area (Å²) in [7, 11) is 0.